The molecule has 0 heterocycles. The number of nitrogens with one attached hydrogen (secondary N) is 2. The Kier molecular flexibility index (Phi) is 16.4. The van der Waals surface area contributed by atoms with Crippen molar-refractivity contribution in [3.63, 3.8) is 0 Å². The fourth-order valence-electron chi connectivity index (χ4n) is 2.94. The number of hydrogen-bond donors (Lipinski definition) is 2. The van der Waals surface area contributed by atoms with Crippen molar-refractivity contribution in [1.82, 2.24) is 15.5 Å². The fraction of sp³-hybridized carbons (Fsp3) is 0.667. The summed E-state index contributed by atoms with van der Waals surface area (Å²) in [6.07, 6.45) is 1.80. The Morgan fingerprint density at radius 1 is 1.00 bits per heavy atom. The van der Waals surface area contributed by atoms with Gasteiger partial charge in [0, 0.05) is 45.5 Å². The van der Waals surface area contributed by atoms with Gasteiger partial charge in [-0.05, 0) is 32.9 Å². The number of halogens is 1. The highest BCUT2D eigenvalue weighted by molar-refractivity contribution is 14.0. The molecule has 0 amide bonds. The van der Waals surface area contributed by atoms with Crippen LogP contribution in [0.4, 0.5) is 0 Å². The summed E-state index contributed by atoms with van der Waals surface area (Å²) < 4.78 is 21.4. The molecule has 2 N–H and O–H groups in total. The molecule has 0 bridgehead atoms. The van der Waals surface area contributed by atoms with Crippen LogP contribution < -0.4 is 24.8 Å². The van der Waals surface area contributed by atoms with E-state index in [1.807, 2.05) is 12.1 Å². The molecule has 1 aromatic rings. The summed E-state index contributed by atoms with van der Waals surface area (Å²) in [6.45, 7) is 7.04. The average molecular weight is 538 g/mol. The molecule has 9 heteroatoms. The predicted octanol–water partition coefficient (Wildman–Crippen LogP) is 2.40. The Balaban J connectivity index is 0.00000841. The topological polar surface area (TPSA) is 76.6 Å². The molecule has 1 aromatic carbocycles. The normalized spacial score (nSPS) is 11.1. The molecule has 0 saturated heterocycles. The Bertz CT molecular complexity index is 617. The Hall–Kier alpha value is -1.46. The van der Waals surface area contributed by atoms with Crippen molar-refractivity contribution in [3.05, 3.63) is 17.7 Å². The molecule has 0 fully saturated rings. The summed E-state index contributed by atoms with van der Waals surface area (Å²) in [7, 11) is 8.71. The summed E-state index contributed by atoms with van der Waals surface area (Å²) in [4.78, 5) is 6.93. The fourth-order valence-corrected chi connectivity index (χ4v) is 2.94. The summed E-state index contributed by atoms with van der Waals surface area (Å²) in [5.74, 6) is 2.79. The highest BCUT2D eigenvalue weighted by Gasteiger charge is 2.15. The van der Waals surface area contributed by atoms with Gasteiger partial charge in [0.25, 0.3) is 0 Å². The van der Waals surface area contributed by atoms with Gasteiger partial charge in [0.15, 0.2) is 17.5 Å². The van der Waals surface area contributed by atoms with Crippen molar-refractivity contribution in [3.8, 4) is 17.2 Å². The number of methoxy groups -OCH3 is 4. The maximum absolute atomic E-state index is 5.55. The van der Waals surface area contributed by atoms with Gasteiger partial charge in [0.2, 0.25) is 5.75 Å². The van der Waals surface area contributed by atoms with Gasteiger partial charge in [0.1, 0.15) is 0 Å². The third-order valence-corrected chi connectivity index (χ3v) is 4.46. The number of rotatable bonds is 14. The minimum Gasteiger partial charge on any atom is -0.493 e. The number of aliphatic imine (C=N–C) groups is 1. The first-order valence-corrected chi connectivity index (χ1v) is 10.1. The number of guanidine groups is 1. The highest BCUT2D eigenvalue weighted by atomic mass is 127. The first-order chi connectivity index (χ1) is 14.1. The van der Waals surface area contributed by atoms with E-state index in [2.05, 4.69) is 34.5 Å². The summed E-state index contributed by atoms with van der Waals surface area (Å²) in [5, 5.41) is 6.67. The lowest BCUT2D eigenvalue weighted by atomic mass is 10.1. The molecule has 0 aliphatic rings. The zero-order chi connectivity index (χ0) is 21.5. The first kappa shape index (κ1) is 28.5. The zero-order valence-electron chi connectivity index (χ0n) is 19.2. The van der Waals surface area contributed by atoms with E-state index in [0.29, 0.717) is 17.2 Å². The van der Waals surface area contributed by atoms with Crippen LogP contribution >= 0.6 is 24.0 Å². The molecule has 0 saturated carbocycles. The van der Waals surface area contributed by atoms with Crippen molar-refractivity contribution >= 4 is 29.9 Å². The molecule has 0 aliphatic carbocycles. The van der Waals surface area contributed by atoms with Crippen molar-refractivity contribution in [1.29, 1.82) is 0 Å². The molecule has 0 spiro atoms. The lowest BCUT2D eigenvalue weighted by molar-refractivity contribution is 0.180. The van der Waals surface area contributed by atoms with Crippen LogP contribution in [0, 0.1) is 0 Å². The van der Waals surface area contributed by atoms with Gasteiger partial charge >= 0.3 is 0 Å². The predicted molar refractivity (Wildman–Crippen MR) is 133 cm³/mol. The van der Waals surface area contributed by atoms with Crippen LogP contribution in [-0.4, -0.2) is 85.7 Å². The number of likely N-dealkylation sites (N-methyl/N-ethyl adjacent to an activating group) is 1. The molecule has 1 rings (SSSR count). The van der Waals surface area contributed by atoms with Crippen LogP contribution in [0.2, 0.25) is 0 Å². The van der Waals surface area contributed by atoms with Gasteiger partial charge in [-0.25, -0.2) is 0 Å². The van der Waals surface area contributed by atoms with E-state index in [-0.39, 0.29) is 24.0 Å². The van der Waals surface area contributed by atoms with Crippen molar-refractivity contribution in [2.24, 2.45) is 4.99 Å². The third-order valence-electron chi connectivity index (χ3n) is 4.46. The molecule has 0 atom stereocenters. The minimum atomic E-state index is 0. The summed E-state index contributed by atoms with van der Waals surface area (Å²) >= 11 is 0. The van der Waals surface area contributed by atoms with Gasteiger partial charge in [-0.15, -0.1) is 24.0 Å². The van der Waals surface area contributed by atoms with Gasteiger partial charge < -0.3 is 34.5 Å². The van der Waals surface area contributed by atoms with E-state index in [9.17, 15) is 0 Å². The standard InChI is InChI=1S/C21H38N4O4.HI/c1-7-22-21(24-13-15-25(2)14-8-16-26-3)23-12-11-17-9-10-18(27-4)20(29-6)19(17)28-5;/h9-10H,7-8,11-16H2,1-6H3,(H2,22,23,24);1H. The van der Waals surface area contributed by atoms with Crippen molar-refractivity contribution in [2.45, 2.75) is 19.8 Å². The molecule has 174 valence electrons. The molecule has 0 unspecified atom stereocenters. The van der Waals surface area contributed by atoms with E-state index >= 15 is 0 Å². The SMILES string of the molecule is CCNC(=NCCN(C)CCCOC)NCCc1ccc(OC)c(OC)c1OC.I. The molecule has 0 aliphatic heterocycles. The molecule has 0 aromatic heterocycles. The van der Waals surface area contributed by atoms with Crippen LogP contribution in [0.5, 0.6) is 17.2 Å². The Labute approximate surface area is 198 Å². The molecular weight excluding hydrogens is 499 g/mol. The number of ether oxygens (including phenoxy) is 4. The Morgan fingerprint density at radius 3 is 2.33 bits per heavy atom. The lowest BCUT2D eigenvalue weighted by Crippen LogP contribution is -2.39. The molecule has 8 nitrogen and oxygen atoms in total. The van der Waals surface area contributed by atoms with Crippen LogP contribution in [-0.2, 0) is 11.2 Å². The van der Waals surface area contributed by atoms with E-state index in [4.69, 9.17) is 18.9 Å². The molecule has 30 heavy (non-hydrogen) atoms. The van der Waals surface area contributed by atoms with Gasteiger partial charge in [-0.3, -0.25) is 4.99 Å². The summed E-state index contributed by atoms with van der Waals surface area (Å²) in [6, 6.07) is 3.90. The quantitative estimate of drug-likeness (QED) is 0.163. The number of hydrogen-bond acceptors (Lipinski definition) is 6. The van der Waals surface area contributed by atoms with Crippen molar-refractivity contribution in [2.75, 3.05) is 74.8 Å². The lowest BCUT2D eigenvalue weighted by Gasteiger charge is -2.17. The second-order valence-electron chi connectivity index (χ2n) is 6.58. The van der Waals surface area contributed by atoms with Crippen LogP contribution in [0.1, 0.15) is 18.9 Å². The maximum atomic E-state index is 5.55. The zero-order valence-corrected chi connectivity index (χ0v) is 21.6. The first-order valence-electron chi connectivity index (χ1n) is 10.1. The average Bonchev–Trinajstić information content (AvgIpc) is 2.73. The van der Waals surface area contributed by atoms with Gasteiger partial charge in [0.05, 0.1) is 27.9 Å². The minimum absolute atomic E-state index is 0. The van der Waals surface area contributed by atoms with E-state index in [1.165, 1.54) is 0 Å². The monoisotopic (exact) mass is 538 g/mol. The molecular formula is C21H39IN4O4. The largest absolute Gasteiger partial charge is 0.493 e. The van der Waals surface area contributed by atoms with E-state index in [1.54, 1.807) is 28.4 Å². The second-order valence-corrected chi connectivity index (χ2v) is 6.58. The van der Waals surface area contributed by atoms with Crippen LogP contribution in [0.3, 0.4) is 0 Å². The van der Waals surface area contributed by atoms with E-state index in [0.717, 1.165) is 63.7 Å². The second kappa shape index (κ2) is 17.2. The van der Waals surface area contributed by atoms with Crippen LogP contribution in [0.15, 0.2) is 17.1 Å². The summed E-state index contributed by atoms with van der Waals surface area (Å²) in [5.41, 5.74) is 1.05. The number of nitrogens with zero attached hydrogens (tertiary/aromatic N) is 2. The van der Waals surface area contributed by atoms with Crippen LogP contribution in [0.25, 0.3) is 0 Å². The smallest absolute Gasteiger partial charge is 0.203 e. The maximum Gasteiger partial charge on any atom is 0.203 e. The molecule has 0 radical (unpaired) electrons. The van der Waals surface area contributed by atoms with Crippen molar-refractivity contribution < 1.29 is 18.9 Å². The third kappa shape index (κ3) is 10.0. The highest BCUT2D eigenvalue weighted by Crippen LogP contribution is 2.39. The van der Waals surface area contributed by atoms with Gasteiger partial charge in [-0.1, -0.05) is 6.07 Å². The Morgan fingerprint density at radius 2 is 1.73 bits per heavy atom. The number of benzene rings is 1. The van der Waals surface area contributed by atoms with Gasteiger partial charge in [-0.2, -0.15) is 0 Å². The van der Waals surface area contributed by atoms with E-state index < -0.39 is 0 Å².